The Morgan fingerprint density at radius 3 is 1.56 bits per heavy atom. The summed E-state index contributed by atoms with van der Waals surface area (Å²) >= 11 is 0. The first-order valence-electron chi connectivity index (χ1n) is 10.2. The number of hydrogen-bond donors (Lipinski definition) is 2. The average Bonchev–Trinajstić information content (AvgIpc) is 2.85. The zero-order chi connectivity index (χ0) is 25.1. The molecule has 174 valence electrons. The standard InChI is InChI=1S/C17H14O2.C6H11NO2.C2H6.CH4O/c1-13(18)16-9-5-14(6-10-16)3-4-15-7-11-17(19-2)12-8-15;1-4(5(2)8)6(9)7-3;2*1-2/h5-12H,1-2H3;4H,1-3H3,(H,7,9);1-2H3;2H,1H3. The number of Topliss-reactive ketones (excluding diaryl/α,β-unsaturated/α-hetero) is 2. The van der Waals surface area contributed by atoms with Crippen molar-refractivity contribution in [2.45, 2.75) is 34.6 Å². The molecule has 1 unspecified atom stereocenters. The number of aliphatic hydroxyl groups is 1. The molecule has 0 bridgehead atoms. The first-order valence-corrected chi connectivity index (χ1v) is 10.2. The average molecular weight is 442 g/mol. The SMILES string of the molecule is CC.CNC(=O)C(C)C(C)=O.CO.COc1ccc(C#Cc2ccc(C(C)=O)cc2)cc1. The molecule has 0 aliphatic carbocycles. The topological polar surface area (TPSA) is 92.7 Å². The fraction of sp³-hybridized carbons (Fsp3) is 0.346. The quantitative estimate of drug-likeness (QED) is 0.427. The molecular weight excluding hydrogens is 406 g/mol. The van der Waals surface area contributed by atoms with Gasteiger partial charge >= 0.3 is 0 Å². The molecule has 0 heterocycles. The minimum Gasteiger partial charge on any atom is -0.497 e. The Morgan fingerprint density at radius 1 is 0.875 bits per heavy atom. The molecule has 2 aromatic carbocycles. The number of ether oxygens (including phenoxy) is 1. The largest absolute Gasteiger partial charge is 0.497 e. The first kappa shape index (κ1) is 30.8. The fourth-order valence-electron chi connectivity index (χ4n) is 2.01. The predicted octanol–water partition coefficient (Wildman–Crippen LogP) is 3.89. The Hall–Kier alpha value is -3.43. The molecule has 6 heteroatoms. The maximum absolute atomic E-state index is 11.1. The number of methoxy groups -OCH3 is 1. The van der Waals surface area contributed by atoms with Gasteiger partial charge in [-0.05, 0) is 57.2 Å². The van der Waals surface area contributed by atoms with Gasteiger partial charge in [0.2, 0.25) is 5.91 Å². The van der Waals surface area contributed by atoms with Crippen LogP contribution in [0.5, 0.6) is 5.75 Å². The summed E-state index contributed by atoms with van der Waals surface area (Å²) in [5, 5.41) is 9.39. The molecule has 0 aliphatic rings. The normalized spacial score (nSPS) is 9.41. The van der Waals surface area contributed by atoms with Crippen LogP contribution in [-0.4, -0.2) is 43.8 Å². The van der Waals surface area contributed by atoms with Crippen LogP contribution in [-0.2, 0) is 9.59 Å². The number of rotatable bonds is 4. The first-order chi connectivity index (χ1) is 15.3. The lowest BCUT2D eigenvalue weighted by Crippen LogP contribution is -2.29. The molecule has 0 saturated heterocycles. The molecule has 0 radical (unpaired) electrons. The van der Waals surface area contributed by atoms with Gasteiger partial charge in [-0.1, -0.05) is 37.8 Å². The molecule has 0 spiro atoms. The van der Waals surface area contributed by atoms with Gasteiger partial charge in [0.1, 0.15) is 11.5 Å². The summed E-state index contributed by atoms with van der Waals surface area (Å²) in [6, 6.07) is 14.9. The van der Waals surface area contributed by atoms with Crippen molar-refractivity contribution in [3.8, 4) is 17.6 Å². The van der Waals surface area contributed by atoms with Crippen LogP contribution in [0.4, 0.5) is 0 Å². The molecule has 0 aliphatic heterocycles. The molecule has 32 heavy (non-hydrogen) atoms. The highest BCUT2D eigenvalue weighted by molar-refractivity contribution is 5.99. The molecule has 0 aromatic heterocycles. The minimum atomic E-state index is -0.505. The lowest BCUT2D eigenvalue weighted by molar-refractivity contribution is -0.131. The predicted molar refractivity (Wildman–Crippen MR) is 129 cm³/mol. The minimum absolute atomic E-state index is 0.0645. The van der Waals surface area contributed by atoms with Gasteiger partial charge < -0.3 is 15.2 Å². The van der Waals surface area contributed by atoms with E-state index in [0.717, 1.165) is 24.0 Å². The van der Waals surface area contributed by atoms with Crippen LogP contribution in [0, 0.1) is 17.8 Å². The second-order valence-corrected chi connectivity index (χ2v) is 6.06. The van der Waals surface area contributed by atoms with Crippen LogP contribution in [0.25, 0.3) is 0 Å². The number of carbonyl (C=O) groups is 3. The third-order valence-electron chi connectivity index (χ3n) is 3.98. The molecule has 6 nitrogen and oxygen atoms in total. The molecule has 2 rings (SSSR count). The summed E-state index contributed by atoms with van der Waals surface area (Å²) in [6.45, 7) is 8.54. The van der Waals surface area contributed by atoms with Gasteiger partial charge in [-0.25, -0.2) is 0 Å². The van der Waals surface area contributed by atoms with Gasteiger partial charge in [0.05, 0.1) is 13.0 Å². The van der Waals surface area contributed by atoms with Crippen molar-refractivity contribution in [3.63, 3.8) is 0 Å². The van der Waals surface area contributed by atoms with E-state index < -0.39 is 5.92 Å². The van der Waals surface area contributed by atoms with Crippen molar-refractivity contribution in [1.82, 2.24) is 5.32 Å². The van der Waals surface area contributed by atoms with Crippen molar-refractivity contribution in [2.24, 2.45) is 5.92 Å². The van der Waals surface area contributed by atoms with E-state index in [-0.39, 0.29) is 17.5 Å². The van der Waals surface area contributed by atoms with E-state index in [4.69, 9.17) is 9.84 Å². The lowest BCUT2D eigenvalue weighted by atomic mass is 10.1. The zero-order valence-corrected chi connectivity index (χ0v) is 20.3. The van der Waals surface area contributed by atoms with E-state index >= 15 is 0 Å². The van der Waals surface area contributed by atoms with Crippen LogP contribution in [0.1, 0.15) is 56.1 Å². The van der Waals surface area contributed by atoms with Gasteiger partial charge in [-0.3, -0.25) is 14.4 Å². The Bertz CT molecular complexity index is 875. The number of amides is 1. The number of hydrogen-bond acceptors (Lipinski definition) is 5. The van der Waals surface area contributed by atoms with Crippen LogP contribution in [0.3, 0.4) is 0 Å². The highest BCUT2D eigenvalue weighted by Gasteiger charge is 2.14. The highest BCUT2D eigenvalue weighted by Crippen LogP contribution is 2.10. The molecule has 2 aromatic rings. The fourth-order valence-corrected chi connectivity index (χ4v) is 2.01. The third-order valence-corrected chi connectivity index (χ3v) is 3.98. The van der Waals surface area contributed by atoms with Gasteiger partial charge in [0, 0.05) is 30.8 Å². The Morgan fingerprint density at radius 2 is 1.28 bits per heavy atom. The molecule has 2 N–H and O–H groups in total. The number of nitrogens with one attached hydrogen (secondary N) is 1. The van der Waals surface area contributed by atoms with Crippen molar-refractivity contribution in [3.05, 3.63) is 65.2 Å². The maximum atomic E-state index is 11.1. The second kappa shape index (κ2) is 18.3. The zero-order valence-electron chi connectivity index (χ0n) is 20.3. The summed E-state index contributed by atoms with van der Waals surface area (Å²) in [5.74, 6) is 6.19. The van der Waals surface area contributed by atoms with E-state index in [1.54, 1.807) is 33.1 Å². The van der Waals surface area contributed by atoms with E-state index in [1.807, 2.05) is 50.2 Å². The summed E-state index contributed by atoms with van der Waals surface area (Å²) in [7, 11) is 4.15. The Balaban J connectivity index is 0. The Kier molecular flexibility index (Phi) is 17.6. The van der Waals surface area contributed by atoms with E-state index in [0.29, 0.717) is 5.56 Å². The van der Waals surface area contributed by atoms with Crippen LogP contribution in [0.2, 0.25) is 0 Å². The molecule has 0 fully saturated rings. The van der Waals surface area contributed by atoms with Gasteiger partial charge in [-0.2, -0.15) is 0 Å². The summed E-state index contributed by atoms with van der Waals surface area (Å²) < 4.78 is 5.09. The van der Waals surface area contributed by atoms with Gasteiger partial charge in [0.15, 0.2) is 5.78 Å². The molecule has 1 amide bonds. The number of benzene rings is 2. The summed E-state index contributed by atoms with van der Waals surface area (Å²) in [4.78, 5) is 32.3. The van der Waals surface area contributed by atoms with Crippen molar-refractivity contribution in [1.29, 1.82) is 0 Å². The van der Waals surface area contributed by atoms with Crippen molar-refractivity contribution >= 4 is 17.5 Å². The molecule has 1 atom stereocenters. The molecule has 0 saturated carbocycles. The van der Waals surface area contributed by atoms with Crippen LogP contribution < -0.4 is 10.1 Å². The smallest absolute Gasteiger partial charge is 0.230 e. The summed E-state index contributed by atoms with van der Waals surface area (Å²) in [5.41, 5.74) is 2.52. The van der Waals surface area contributed by atoms with Crippen molar-refractivity contribution < 1.29 is 24.2 Å². The summed E-state index contributed by atoms with van der Waals surface area (Å²) in [6.07, 6.45) is 0. The van der Waals surface area contributed by atoms with Crippen LogP contribution in [0.15, 0.2) is 48.5 Å². The van der Waals surface area contributed by atoms with E-state index in [1.165, 1.54) is 14.0 Å². The number of aliphatic hydroxyl groups excluding tert-OH is 1. The maximum Gasteiger partial charge on any atom is 0.230 e. The number of carbonyl (C=O) groups excluding carboxylic acids is 3. The van der Waals surface area contributed by atoms with E-state index in [2.05, 4.69) is 17.2 Å². The Labute approximate surface area is 192 Å². The van der Waals surface area contributed by atoms with E-state index in [9.17, 15) is 14.4 Å². The van der Waals surface area contributed by atoms with Crippen LogP contribution >= 0.6 is 0 Å². The van der Waals surface area contributed by atoms with Gasteiger partial charge in [0.25, 0.3) is 0 Å². The highest BCUT2D eigenvalue weighted by atomic mass is 16.5. The second-order valence-electron chi connectivity index (χ2n) is 6.06. The van der Waals surface area contributed by atoms with Crippen molar-refractivity contribution in [2.75, 3.05) is 21.3 Å². The third kappa shape index (κ3) is 12.3. The van der Waals surface area contributed by atoms with Gasteiger partial charge in [-0.15, -0.1) is 0 Å². The monoisotopic (exact) mass is 441 g/mol. The number of ketones is 2. The molecular formula is C26H35NO5. The lowest BCUT2D eigenvalue weighted by Gasteiger charge is -2.03.